The summed E-state index contributed by atoms with van der Waals surface area (Å²) in [6.45, 7) is 0.111. The van der Waals surface area contributed by atoms with Crippen LogP contribution in [0.25, 0.3) is 0 Å². The summed E-state index contributed by atoms with van der Waals surface area (Å²) in [6.07, 6.45) is 3.52. The molecule has 0 atom stereocenters. The summed E-state index contributed by atoms with van der Waals surface area (Å²) in [5, 5.41) is 8.56. The van der Waals surface area contributed by atoms with Crippen LogP contribution in [0.15, 0.2) is 24.3 Å². The van der Waals surface area contributed by atoms with Gasteiger partial charge in [-0.05, 0) is 24.5 Å². The highest BCUT2D eigenvalue weighted by Gasteiger charge is 2.32. The van der Waals surface area contributed by atoms with Gasteiger partial charge in [0.05, 0.1) is 5.25 Å². The first-order valence-electron chi connectivity index (χ1n) is 7.18. The lowest BCUT2D eigenvalue weighted by Gasteiger charge is -2.22. The SMILES string of the molecule is CN(Cc1ccccc1C#CCO)S(=O)(=O)C1CCCC1. The standard InChI is InChI=1S/C16H21NO3S/c1-17(21(19,20)16-10-4-5-11-16)13-15-8-3-2-7-14(15)9-6-12-18/h2-3,7-8,16,18H,4-5,10-13H2,1H3. The highest BCUT2D eigenvalue weighted by Crippen LogP contribution is 2.27. The Morgan fingerprint density at radius 1 is 1.29 bits per heavy atom. The largest absolute Gasteiger partial charge is 0.384 e. The van der Waals surface area contributed by atoms with Gasteiger partial charge >= 0.3 is 0 Å². The van der Waals surface area contributed by atoms with Crippen LogP contribution in [-0.4, -0.2) is 36.7 Å². The molecular formula is C16H21NO3S. The molecule has 0 saturated heterocycles. The lowest BCUT2D eigenvalue weighted by atomic mass is 10.1. The van der Waals surface area contributed by atoms with Crippen molar-refractivity contribution in [3.63, 3.8) is 0 Å². The number of aliphatic hydroxyl groups is 1. The molecule has 1 aromatic carbocycles. The van der Waals surface area contributed by atoms with Gasteiger partial charge in [0.2, 0.25) is 10.0 Å². The third kappa shape index (κ3) is 3.85. The molecule has 1 N–H and O–H groups in total. The molecule has 0 amide bonds. The van der Waals surface area contributed by atoms with Gasteiger partial charge < -0.3 is 5.11 Å². The van der Waals surface area contributed by atoms with Gasteiger partial charge in [0, 0.05) is 19.2 Å². The molecule has 1 aliphatic rings. The molecule has 1 saturated carbocycles. The van der Waals surface area contributed by atoms with E-state index in [1.807, 2.05) is 24.3 Å². The molecule has 0 aliphatic heterocycles. The first-order chi connectivity index (χ1) is 10.1. The molecule has 1 aliphatic carbocycles. The second kappa shape index (κ2) is 7.08. The zero-order valence-corrected chi connectivity index (χ0v) is 13.1. The van der Waals surface area contributed by atoms with Crippen LogP contribution in [0.4, 0.5) is 0 Å². The third-order valence-electron chi connectivity index (χ3n) is 3.87. The van der Waals surface area contributed by atoms with E-state index in [1.54, 1.807) is 7.05 Å². The number of sulfonamides is 1. The molecule has 0 radical (unpaired) electrons. The molecule has 1 aromatic rings. The van der Waals surface area contributed by atoms with E-state index >= 15 is 0 Å². The van der Waals surface area contributed by atoms with Gasteiger partial charge in [0.15, 0.2) is 0 Å². The topological polar surface area (TPSA) is 57.6 Å². The number of hydrogen-bond donors (Lipinski definition) is 1. The van der Waals surface area contributed by atoms with Crippen molar-refractivity contribution in [3.8, 4) is 11.8 Å². The Kier molecular flexibility index (Phi) is 5.40. The maximum absolute atomic E-state index is 12.5. The Bertz CT molecular complexity index is 637. The second-order valence-electron chi connectivity index (χ2n) is 5.32. The van der Waals surface area contributed by atoms with Gasteiger partial charge in [-0.1, -0.05) is 42.9 Å². The van der Waals surface area contributed by atoms with E-state index in [-0.39, 0.29) is 11.9 Å². The lowest BCUT2D eigenvalue weighted by molar-refractivity contribution is 0.350. The van der Waals surface area contributed by atoms with Crippen molar-refractivity contribution >= 4 is 10.0 Å². The minimum atomic E-state index is -3.24. The number of nitrogens with zero attached hydrogens (tertiary/aromatic N) is 1. The third-order valence-corrected chi connectivity index (χ3v) is 6.18. The van der Waals surface area contributed by atoms with Crippen LogP contribution in [0.5, 0.6) is 0 Å². The molecule has 4 nitrogen and oxygen atoms in total. The number of aliphatic hydroxyl groups excluding tert-OH is 1. The normalized spacial score (nSPS) is 16.0. The van der Waals surface area contributed by atoms with E-state index in [2.05, 4.69) is 11.8 Å². The van der Waals surface area contributed by atoms with Gasteiger partial charge in [0.1, 0.15) is 6.61 Å². The molecular weight excluding hydrogens is 286 g/mol. The van der Waals surface area contributed by atoms with Crippen LogP contribution in [0, 0.1) is 11.8 Å². The zero-order valence-electron chi connectivity index (χ0n) is 12.2. The van der Waals surface area contributed by atoms with Crippen molar-refractivity contribution in [2.24, 2.45) is 0 Å². The average Bonchev–Trinajstić information content (AvgIpc) is 3.01. The Hall–Kier alpha value is -1.35. The number of benzene rings is 1. The molecule has 0 spiro atoms. The molecule has 0 aromatic heterocycles. The highest BCUT2D eigenvalue weighted by atomic mass is 32.2. The fourth-order valence-corrected chi connectivity index (χ4v) is 4.44. The fourth-order valence-electron chi connectivity index (χ4n) is 2.69. The maximum Gasteiger partial charge on any atom is 0.217 e. The molecule has 0 bridgehead atoms. The van der Waals surface area contributed by atoms with E-state index < -0.39 is 10.0 Å². The summed E-state index contributed by atoms with van der Waals surface area (Å²) >= 11 is 0. The molecule has 114 valence electrons. The summed E-state index contributed by atoms with van der Waals surface area (Å²) in [7, 11) is -1.61. The van der Waals surface area contributed by atoms with Crippen LogP contribution in [0.1, 0.15) is 36.8 Å². The minimum Gasteiger partial charge on any atom is -0.384 e. The molecule has 1 fully saturated rings. The van der Waals surface area contributed by atoms with Crippen molar-refractivity contribution in [2.75, 3.05) is 13.7 Å². The van der Waals surface area contributed by atoms with Crippen molar-refractivity contribution in [3.05, 3.63) is 35.4 Å². The summed E-state index contributed by atoms with van der Waals surface area (Å²) in [5.74, 6) is 5.48. The first kappa shape index (κ1) is 16.0. The summed E-state index contributed by atoms with van der Waals surface area (Å²) in [4.78, 5) is 0. The van der Waals surface area contributed by atoms with Crippen LogP contribution < -0.4 is 0 Å². The van der Waals surface area contributed by atoms with Crippen LogP contribution >= 0.6 is 0 Å². The predicted molar refractivity (Wildman–Crippen MR) is 83.0 cm³/mol. The second-order valence-corrected chi connectivity index (χ2v) is 7.64. The van der Waals surface area contributed by atoms with Gasteiger partial charge in [-0.25, -0.2) is 12.7 Å². The minimum absolute atomic E-state index is 0.204. The van der Waals surface area contributed by atoms with E-state index in [0.717, 1.165) is 36.8 Å². The zero-order chi connectivity index (χ0) is 15.3. The maximum atomic E-state index is 12.5. The van der Waals surface area contributed by atoms with Crippen molar-refractivity contribution in [2.45, 2.75) is 37.5 Å². The Balaban J connectivity index is 2.17. The first-order valence-corrected chi connectivity index (χ1v) is 8.69. The van der Waals surface area contributed by atoms with Gasteiger partial charge in [-0.15, -0.1) is 0 Å². The van der Waals surface area contributed by atoms with E-state index in [1.165, 1.54) is 4.31 Å². The summed E-state index contributed by atoms with van der Waals surface area (Å²) in [5.41, 5.74) is 1.63. The quantitative estimate of drug-likeness (QED) is 0.862. The monoisotopic (exact) mass is 307 g/mol. The molecule has 0 heterocycles. The van der Waals surface area contributed by atoms with Crippen LogP contribution in [0.2, 0.25) is 0 Å². The lowest BCUT2D eigenvalue weighted by Crippen LogP contribution is -2.34. The summed E-state index contributed by atoms with van der Waals surface area (Å²) in [6, 6.07) is 7.45. The van der Waals surface area contributed by atoms with Gasteiger partial charge in [-0.2, -0.15) is 0 Å². The Morgan fingerprint density at radius 2 is 1.95 bits per heavy atom. The van der Waals surface area contributed by atoms with Crippen molar-refractivity contribution in [1.29, 1.82) is 0 Å². The molecule has 5 heteroatoms. The van der Waals surface area contributed by atoms with Crippen molar-refractivity contribution in [1.82, 2.24) is 4.31 Å². The average molecular weight is 307 g/mol. The number of rotatable bonds is 4. The van der Waals surface area contributed by atoms with Crippen molar-refractivity contribution < 1.29 is 13.5 Å². The number of hydrogen-bond acceptors (Lipinski definition) is 3. The Morgan fingerprint density at radius 3 is 2.62 bits per heavy atom. The van der Waals surface area contributed by atoms with Gasteiger partial charge in [0.25, 0.3) is 0 Å². The van der Waals surface area contributed by atoms with E-state index in [0.29, 0.717) is 6.54 Å². The van der Waals surface area contributed by atoms with E-state index in [9.17, 15) is 8.42 Å². The smallest absolute Gasteiger partial charge is 0.217 e. The van der Waals surface area contributed by atoms with E-state index in [4.69, 9.17) is 5.11 Å². The predicted octanol–water partition coefficient (Wildman–Crippen LogP) is 1.73. The molecule has 0 unspecified atom stereocenters. The summed E-state index contributed by atoms with van der Waals surface area (Å²) < 4.78 is 26.5. The highest BCUT2D eigenvalue weighted by molar-refractivity contribution is 7.89. The Labute approximate surface area is 126 Å². The van der Waals surface area contributed by atoms with Gasteiger partial charge in [-0.3, -0.25) is 0 Å². The molecule has 2 rings (SSSR count). The van der Waals surface area contributed by atoms with Crippen LogP contribution in [-0.2, 0) is 16.6 Å². The van der Waals surface area contributed by atoms with Crippen LogP contribution in [0.3, 0.4) is 0 Å². The fraction of sp³-hybridized carbons (Fsp3) is 0.500. The molecule has 21 heavy (non-hydrogen) atoms.